The summed E-state index contributed by atoms with van der Waals surface area (Å²) in [5.41, 5.74) is -0.583. The lowest BCUT2D eigenvalue weighted by atomic mass is 10.2. The summed E-state index contributed by atoms with van der Waals surface area (Å²) in [5, 5.41) is 2.12. The van der Waals surface area contributed by atoms with Crippen molar-refractivity contribution >= 4 is 21.6 Å². The molecule has 1 heterocycles. The fourth-order valence-corrected chi connectivity index (χ4v) is 4.43. The van der Waals surface area contributed by atoms with Crippen molar-refractivity contribution in [1.29, 1.82) is 0 Å². The number of benzene rings is 2. The van der Waals surface area contributed by atoms with Gasteiger partial charge in [0.15, 0.2) is 17.5 Å². The van der Waals surface area contributed by atoms with Crippen LogP contribution in [0.3, 0.4) is 0 Å². The molecule has 0 unspecified atom stereocenters. The molecule has 0 atom stereocenters. The third-order valence-electron chi connectivity index (χ3n) is 4.33. The van der Waals surface area contributed by atoms with Crippen LogP contribution in [0, 0.1) is 17.5 Å². The van der Waals surface area contributed by atoms with Crippen LogP contribution in [0.5, 0.6) is 0 Å². The molecule has 27 heavy (non-hydrogen) atoms. The van der Waals surface area contributed by atoms with Crippen LogP contribution in [-0.4, -0.2) is 31.7 Å². The number of rotatable bonds is 4. The van der Waals surface area contributed by atoms with Crippen molar-refractivity contribution in [3.8, 4) is 0 Å². The van der Waals surface area contributed by atoms with Crippen LogP contribution >= 0.6 is 0 Å². The largest absolute Gasteiger partial charge is 0.319 e. The predicted molar refractivity (Wildman–Crippen MR) is 93.3 cm³/mol. The van der Waals surface area contributed by atoms with Gasteiger partial charge in [0.2, 0.25) is 10.0 Å². The summed E-state index contributed by atoms with van der Waals surface area (Å²) < 4.78 is 66.7. The molecule has 0 saturated carbocycles. The van der Waals surface area contributed by atoms with Crippen LogP contribution in [0.1, 0.15) is 29.6 Å². The summed E-state index contributed by atoms with van der Waals surface area (Å²) in [6.45, 7) is 0.831. The van der Waals surface area contributed by atoms with Crippen molar-refractivity contribution < 1.29 is 26.4 Å². The maximum atomic E-state index is 13.7. The van der Waals surface area contributed by atoms with Gasteiger partial charge >= 0.3 is 0 Å². The summed E-state index contributed by atoms with van der Waals surface area (Å²) in [6, 6.07) is 6.87. The molecule has 1 aliphatic rings. The van der Waals surface area contributed by atoms with Gasteiger partial charge in [-0.1, -0.05) is 12.5 Å². The van der Waals surface area contributed by atoms with E-state index in [4.69, 9.17) is 0 Å². The highest BCUT2D eigenvalue weighted by Gasteiger charge is 2.26. The Balaban J connectivity index is 1.85. The lowest BCUT2D eigenvalue weighted by Gasteiger charge is -2.26. The van der Waals surface area contributed by atoms with E-state index in [1.54, 1.807) is 0 Å². The Morgan fingerprint density at radius 2 is 1.67 bits per heavy atom. The van der Waals surface area contributed by atoms with E-state index < -0.39 is 39.1 Å². The summed E-state index contributed by atoms with van der Waals surface area (Å²) >= 11 is 0. The van der Waals surface area contributed by atoms with Crippen LogP contribution in [-0.2, 0) is 10.0 Å². The maximum Gasteiger partial charge on any atom is 0.255 e. The van der Waals surface area contributed by atoms with Crippen molar-refractivity contribution in [3.63, 3.8) is 0 Å². The normalized spacial score (nSPS) is 15.5. The van der Waals surface area contributed by atoms with Gasteiger partial charge in [-0.2, -0.15) is 4.31 Å². The van der Waals surface area contributed by atoms with Gasteiger partial charge in [0.1, 0.15) is 0 Å². The highest BCUT2D eigenvalue weighted by Crippen LogP contribution is 2.23. The Labute approximate surface area is 154 Å². The number of carbonyl (C=O) groups excluding carboxylic acids is 1. The molecule has 1 amide bonds. The third kappa shape index (κ3) is 3.98. The molecule has 0 radical (unpaired) electrons. The van der Waals surface area contributed by atoms with Gasteiger partial charge in [0.25, 0.3) is 5.91 Å². The smallest absolute Gasteiger partial charge is 0.255 e. The molecule has 0 aliphatic carbocycles. The number of piperidine rings is 1. The number of carbonyl (C=O) groups is 1. The van der Waals surface area contributed by atoms with Crippen molar-refractivity contribution in [2.75, 3.05) is 18.4 Å². The zero-order valence-electron chi connectivity index (χ0n) is 14.2. The number of nitrogens with zero attached hydrogens (tertiary/aromatic N) is 1. The van der Waals surface area contributed by atoms with Gasteiger partial charge in [-0.05, 0) is 43.2 Å². The minimum Gasteiger partial charge on any atom is -0.319 e. The lowest BCUT2D eigenvalue weighted by Crippen LogP contribution is -2.35. The first-order valence-corrected chi connectivity index (χ1v) is 9.80. The third-order valence-corrected chi connectivity index (χ3v) is 6.23. The van der Waals surface area contributed by atoms with Crippen LogP contribution in [0.4, 0.5) is 18.9 Å². The quantitative estimate of drug-likeness (QED) is 0.802. The Kier molecular flexibility index (Phi) is 5.52. The van der Waals surface area contributed by atoms with E-state index in [0.29, 0.717) is 19.2 Å². The highest BCUT2D eigenvalue weighted by molar-refractivity contribution is 7.89. The maximum absolute atomic E-state index is 13.7. The summed E-state index contributed by atoms with van der Waals surface area (Å²) in [5.74, 6) is -5.44. The molecule has 9 heteroatoms. The number of anilines is 1. The van der Waals surface area contributed by atoms with Gasteiger partial charge in [0, 0.05) is 18.7 Å². The molecular formula is C18H17F3N2O3S. The molecular weight excluding hydrogens is 381 g/mol. The molecule has 0 spiro atoms. The van der Waals surface area contributed by atoms with Gasteiger partial charge in [0.05, 0.1) is 10.6 Å². The fourth-order valence-electron chi connectivity index (χ4n) is 2.87. The number of hydrogen-bond donors (Lipinski definition) is 1. The molecule has 1 saturated heterocycles. The highest BCUT2D eigenvalue weighted by atomic mass is 32.2. The second-order valence-corrected chi connectivity index (χ2v) is 8.11. The first-order chi connectivity index (χ1) is 12.8. The minimum absolute atomic E-state index is 0.0442. The van der Waals surface area contributed by atoms with E-state index >= 15 is 0 Å². The van der Waals surface area contributed by atoms with E-state index in [-0.39, 0.29) is 10.5 Å². The van der Waals surface area contributed by atoms with E-state index in [1.807, 2.05) is 0 Å². The Bertz CT molecular complexity index is 974. The first-order valence-electron chi connectivity index (χ1n) is 8.36. The van der Waals surface area contributed by atoms with Crippen molar-refractivity contribution in [3.05, 3.63) is 59.4 Å². The molecule has 5 nitrogen and oxygen atoms in total. The molecule has 144 valence electrons. The van der Waals surface area contributed by atoms with Crippen LogP contribution in [0.25, 0.3) is 0 Å². The summed E-state index contributed by atoms with van der Waals surface area (Å²) in [4.78, 5) is 12.3. The SMILES string of the molecule is O=C(Nc1ccc(F)c(F)c1F)c1cccc(S(=O)(=O)N2CCCCC2)c1. The average Bonchev–Trinajstić information content (AvgIpc) is 2.69. The molecule has 2 aromatic carbocycles. The van der Waals surface area contributed by atoms with E-state index in [9.17, 15) is 26.4 Å². The molecule has 2 aromatic rings. The molecule has 0 bridgehead atoms. The molecule has 1 aliphatic heterocycles. The first kappa shape index (κ1) is 19.4. The van der Waals surface area contributed by atoms with E-state index in [2.05, 4.69) is 5.32 Å². The van der Waals surface area contributed by atoms with Gasteiger partial charge in [-0.3, -0.25) is 4.79 Å². The average molecular weight is 398 g/mol. The number of sulfonamides is 1. The summed E-state index contributed by atoms with van der Waals surface area (Å²) in [7, 11) is -3.74. The standard InChI is InChI=1S/C18H17F3N2O3S/c19-14-7-8-15(17(21)16(14)20)22-18(24)12-5-4-6-13(11-12)27(25,26)23-9-2-1-3-10-23/h4-8,11H,1-3,9-10H2,(H,22,24). The number of nitrogens with one attached hydrogen (secondary N) is 1. The second kappa shape index (κ2) is 7.69. The fraction of sp³-hybridized carbons (Fsp3) is 0.278. The molecule has 1 N–H and O–H groups in total. The predicted octanol–water partition coefficient (Wildman–Crippen LogP) is 3.53. The Hall–Kier alpha value is -2.39. The Morgan fingerprint density at radius 3 is 2.37 bits per heavy atom. The monoisotopic (exact) mass is 398 g/mol. The molecule has 3 rings (SSSR count). The van der Waals surface area contributed by atoms with Gasteiger partial charge in [-0.25, -0.2) is 21.6 Å². The van der Waals surface area contributed by atoms with Gasteiger partial charge in [-0.15, -0.1) is 0 Å². The van der Waals surface area contributed by atoms with E-state index in [1.165, 1.54) is 28.6 Å². The second-order valence-electron chi connectivity index (χ2n) is 6.17. The van der Waals surface area contributed by atoms with Crippen LogP contribution < -0.4 is 5.32 Å². The van der Waals surface area contributed by atoms with Crippen molar-refractivity contribution in [2.45, 2.75) is 24.2 Å². The minimum atomic E-state index is -3.74. The van der Waals surface area contributed by atoms with Gasteiger partial charge < -0.3 is 5.32 Å². The molecule has 0 aromatic heterocycles. The number of hydrogen-bond acceptors (Lipinski definition) is 3. The van der Waals surface area contributed by atoms with Crippen molar-refractivity contribution in [1.82, 2.24) is 4.31 Å². The van der Waals surface area contributed by atoms with Crippen LogP contribution in [0.2, 0.25) is 0 Å². The van der Waals surface area contributed by atoms with Crippen LogP contribution in [0.15, 0.2) is 41.3 Å². The zero-order valence-corrected chi connectivity index (χ0v) is 15.0. The number of amides is 1. The molecule has 1 fully saturated rings. The zero-order chi connectivity index (χ0) is 19.6. The lowest BCUT2D eigenvalue weighted by molar-refractivity contribution is 0.102. The Morgan fingerprint density at radius 1 is 0.963 bits per heavy atom. The number of halogens is 3. The van der Waals surface area contributed by atoms with E-state index in [0.717, 1.165) is 25.3 Å². The van der Waals surface area contributed by atoms with Crippen molar-refractivity contribution in [2.24, 2.45) is 0 Å². The summed E-state index contributed by atoms with van der Waals surface area (Å²) in [6.07, 6.45) is 2.51. The topological polar surface area (TPSA) is 66.5 Å².